The molecule has 1 heterocycles. The number of halogens is 1. The summed E-state index contributed by atoms with van der Waals surface area (Å²) in [6.07, 6.45) is 3.03. The van der Waals surface area contributed by atoms with Crippen LogP contribution in [-0.2, 0) is 6.54 Å². The summed E-state index contributed by atoms with van der Waals surface area (Å²) in [6, 6.07) is 7.60. The quantitative estimate of drug-likeness (QED) is 0.838. The highest BCUT2D eigenvalue weighted by Crippen LogP contribution is 2.04. The lowest BCUT2D eigenvalue weighted by Crippen LogP contribution is -2.23. The van der Waals surface area contributed by atoms with Crippen molar-refractivity contribution in [2.75, 3.05) is 6.54 Å². The highest BCUT2D eigenvalue weighted by molar-refractivity contribution is 5.94. The van der Waals surface area contributed by atoms with Crippen LogP contribution in [0.25, 0.3) is 0 Å². The number of nitrogens with two attached hydrogens (primary N) is 1. The highest BCUT2D eigenvalue weighted by atomic mass is 19.1. The van der Waals surface area contributed by atoms with Crippen LogP contribution in [0.4, 0.5) is 4.39 Å². The third-order valence-electron chi connectivity index (χ3n) is 2.70. The van der Waals surface area contributed by atoms with Gasteiger partial charge in [-0.1, -0.05) is 24.0 Å². The van der Waals surface area contributed by atoms with E-state index in [1.807, 2.05) is 0 Å². The van der Waals surface area contributed by atoms with Crippen LogP contribution in [0.15, 0.2) is 42.7 Å². The Bertz CT molecular complexity index is 687. The minimum atomic E-state index is -0.305. The zero-order valence-corrected chi connectivity index (χ0v) is 11.3. The van der Waals surface area contributed by atoms with Crippen LogP contribution in [0.1, 0.15) is 21.5 Å². The number of amides is 1. The zero-order chi connectivity index (χ0) is 15.1. The number of carbonyl (C=O) groups is 1. The van der Waals surface area contributed by atoms with E-state index in [1.54, 1.807) is 24.4 Å². The van der Waals surface area contributed by atoms with E-state index in [0.717, 1.165) is 5.56 Å². The molecule has 1 amide bonds. The molecular formula is C16H14FN3O. The van der Waals surface area contributed by atoms with Crippen LogP contribution in [-0.4, -0.2) is 17.4 Å². The van der Waals surface area contributed by atoms with Crippen LogP contribution in [0.3, 0.4) is 0 Å². The van der Waals surface area contributed by atoms with Gasteiger partial charge in [0.2, 0.25) is 0 Å². The van der Waals surface area contributed by atoms with Gasteiger partial charge in [0, 0.05) is 24.5 Å². The van der Waals surface area contributed by atoms with Crippen molar-refractivity contribution >= 4 is 5.91 Å². The summed E-state index contributed by atoms with van der Waals surface area (Å²) >= 11 is 0. The van der Waals surface area contributed by atoms with Gasteiger partial charge in [-0.25, -0.2) is 4.39 Å². The minimum Gasteiger partial charge on any atom is -0.348 e. The molecule has 5 heteroatoms. The maximum atomic E-state index is 12.8. The van der Waals surface area contributed by atoms with Crippen LogP contribution in [0.2, 0.25) is 0 Å². The van der Waals surface area contributed by atoms with Crippen molar-refractivity contribution in [3.8, 4) is 11.8 Å². The van der Waals surface area contributed by atoms with Crippen LogP contribution in [0.5, 0.6) is 0 Å². The van der Waals surface area contributed by atoms with E-state index in [2.05, 4.69) is 22.1 Å². The molecule has 0 spiro atoms. The monoisotopic (exact) mass is 283 g/mol. The summed E-state index contributed by atoms with van der Waals surface area (Å²) in [4.78, 5) is 16.0. The van der Waals surface area contributed by atoms with Gasteiger partial charge in [-0.2, -0.15) is 0 Å². The Morgan fingerprint density at radius 3 is 2.76 bits per heavy atom. The Hall–Kier alpha value is -2.71. The maximum Gasteiger partial charge on any atom is 0.253 e. The molecule has 0 radical (unpaired) electrons. The number of nitrogens with zero attached hydrogens (tertiary/aromatic N) is 1. The molecule has 2 aromatic rings. The summed E-state index contributed by atoms with van der Waals surface area (Å²) in [6.45, 7) is 0.568. The molecule has 1 aromatic heterocycles. The number of hydrogen-bond donors (Lipinski definition) is 2. The van der Waals surface area contributed by atoms with E-state index < -0.39 is 0 Å². The fraction of sp³-hybridized carbons (Fsp3) is 0.125. The topological polar surface area (TPSA) is 68.0 Å². The SMILES string of the molecule is NCC#Cc1cncc(C(=O)NCc2ccc(F)cc2)c1. The summed E-state index contributed by atoms with van der Waals surface area (Å²) in [7, 11) is 0. The third kappa shape index (κ3) is 4.41. The molecule has 0 atom stereocenters. The largest absolute Gasteiger partial charge is 0.348 e. The first kappa shape index (κ1) is 14.7. The number of pyridine rings is 1. The van der Waals surface area contributed by atoms with Gasteiger partial charge in [0.05, 0.1) is 12.1 Å². The van der Waals surface area contributed by atoms with E-state index in [4.69, 9.17) is 5.73 Å². The van der Waals surface area contributed by atoms with Crippen molar-refractivity contribution in [2.45, 2.75) is 6.54 Å². The molecule has 0 bridgehead atoms. The van der Waals surface area contributed by atoms with Gasteiger partial charge in [-0.3, -0.25) is 9.78 Å². The first-order chi connectivity index (χ1) is 10.2. The van der Waals surface area contributed by atoms with Gasteiger partial charge in [-0.15, -0.1) is 0 Å². The van der Waals surface area contributed by atoms with Gasteiger partial charge < -0.3 is 11.1 Å². The molecule has 0 saturated carbocycles. The molecule has 0 fully saturated rings. The molecule has 106 valence electrons. The lowest BCUT2D eigenvalue weighted by Gasteiger charge is -2.05. The fourth-order valence-electron chi connectivity index (χ4n) is 1.67. The molecule has 3 N–H and O–H groups in total. The molecule has 0 aliphatic heterocycles. The summed E-state index contributed by atoms with van der Waals surface area (Å²) < 4.78 is 12.8. The Kier molecular flexibility index (Phi) is 5.02. The lowest BCUT2D eigenvalue weighted by molar-refractivity contribution is 0.0950. The zero-order valence-electron chi connectivity index (χ0n) is 11.3. The van der Waals surface area contributed by atoms with Crippen molar-refractivity contribution in [3.63, 3.8) is 0 Å². The van der Waals surface area contributed by atoms with Crippen molar-refractivity contribution in [3.05, 3.63) is 65.2 Å². The fourth-order valence-corrected chi connectivity index (χ4v) is 1.67. The average molecular weight is 283 g/mol. The standard InChI is InChI=1S/C16H14FN3O/c17-15-5-3-12(4-6-15)10-20-16(21)14-8-13(2-1-7-18)9-19-11-14/h3-6,8-9,11H,7,10,18H2,(H,20,21). The first-order valence-electron chi connectivity index (χ1n) is 6.35. The molecule has 0 aliphatic carbocycles. The Morgan fingerprint density at radius 1 is 1.29 bits per heavy atom. The number of hydrogen-bond acceptors (Lipinski definition) is 3. The number of benzene rings is 1. The molecule has 0 aliphatic rings. The van der Waals surface area contributed by atoms with Gasteiger partial charge in [-0.05, 0) is 23.8 Å². The summed E-state index contributed by atoms with van der Waals surface area (Å²) in [5.41, 5.74) is 7.17. The molecular weight excluding hydrogens is 269 g/mol. The predicted molar refractivity (Wildman–Crippen MR) is 77.7 cm³/mol. The highest BCUT2D eigenvalue weighted by Gasteiger charge is 2.06. The van der Waals surface area contributed by atoms with Crippen LogP contribution in [0, 0.1) is 17.7 Å². The van der Waals surface area contributed by atoms with Crippen LogP contribution >= 0.6 is 0 Å². The second-order valence-corrected chi connectivity index (χ2v) is 4.28. The number of nitrogens with one attached hydrogen (secondary N) is 1. The van der Waals surface area contributed by atoms with Crippen molar-refractivity contribution in [1.29, 1.82) is 0 Å². The molecule has 0 saturated heterocycles. The average Bonchev–Trinajstić information content (AvgIpc) is 2.52. The predicted octanol–water partition coefficient (Wildman–Crippen LogP) is 1.46. The summed E-state index contributed by atoms with van der Waals surface area (Å²) in [5, 5.41) is 2.74. The molecule has 2 rings (SSSR count). The molecule has 21 heavy (non-hydrogen) atoms. The van der Waals surface area contributed by atoms with Crippen LogP contribution < -0.4 is 11.1 Å². The van der Waals surface area contributed by atoms with Crippen molar-refractivity contribution in [2.24, 2.45) is 5.73 Å². The molecule has 0 unspecified atom stereocenters. The smallest absolute Gasteiger partial charge is 0.253 e. The minimum absolute atomic E-state index is 0.251. The number of aromatic nitrogens is 1. The van der Waals surface area contributed by atoms with Crippen molar-refractivity contribution in [1.82, 2.24) is 10.3 Å². The first-order valence-corrected chi connectivity index (χ1v) is 6.35. The Labute approximate surface area is 122 Å². The lowest BCUT2D eigenvalue weighted by atomic mass is 10.2. The molecule has 4 nitrogen and oxygen atoms in total. The third-order valence-corrected chi connectivity index (χ3v) is 2.70. The van der Waals surface area contributed by atoms with E-state index in [-0.39, 0.29) is 18.3 Å². The van der Waals surface area contributed by atoms with Gasteiger partial charge in [0.15, 0.2) is 0 Å². The normalized spacial score (nSPS) is 9.62. The second kappa shape index (κ2) is 7.17. The second-order valence-electron chi connectivity index (χ2n) is 4.28. The maximum absolute atomic E-state index is 12.8. The van der Waals surface area contributed by atoms with Crippen molar-refractivity contribution < 1.29 is 9.18 Å². The van der Waals surface area contributed by atoms with Gasteiger partial charge in [0.25, 0.3) is 5.91 Å². The van der Waals surface area contributed by atoms with E-state index in [1.165, 1.54) is 18.3 Å². The van der Waals surface area contributed by atoms with E-state index in [0.29, 0.717) is 17.7 Å². The van der Waals surface area contributed by atoms with E-state index in [9.17, 15) is 9.18 Å². The molecule has 1 aromatic carbocycles. The van der Waals surface area contributed by atoms with E-state index >= 15 is 0 Å². The summed E-state index contributed by atoms with van der Waals surface area (Å²) in [5.74, 6) is 4.96. The number of carbonyl (C=O) groups excluding carboxylic acids is 1. The Morgan fingerprint density at radius 2 is 2.05 bits per heavy atom. The number of rotatable bonds is 3. The van der Waals surface area contributed by atoms with Gasteiger partial charge >= 0.3 is 0 Å². The Balaban J connectivity index is 2.01. The van der Waals surface area contributed by atoms with Gasteiger partial charge in [0.1, 0.15) is 5.82 Å².